The maximum Gasteiger partial charge on any atom is 0.407 e. The lowest BCUT2D eigenvalue weighted by atomic mass is 10.1. The lowest BCUT2D eigenvalue weighted by molar-refractivity contribution is 0.0885. The van der Waals surface area contributed by atoms with Gasteiger partial charge in [-0.05, 0) is 31.2 Å². The molecule has 28 heavy (non-hydrogen) atoms. The molecule has 1 unspecified atom stereocenters. The van der Waals surface area contributed by atoms with Crippen molar-refractivity contribution >= 4 is 23.4 Å². The molecule has 8 heteroatoms. The van der Waals surface area contributed by atoms with E-state index < -0.39 is 18.0 Å². The Morgan fingerprint density at radius 1 is 1.29 bits per heavy atom. The van der Waals surface area contributed by atoms with E-state index in [1.165, 1.54) is 11.0 Å². The van der Waals surface area contributed by atoms with Crippen molar-refractivity contribution in [2.75, 3.05) is 31.1 Å². The van der Waals surface area contributed by atoms with Crippen LogP contribution in [0.3, 0.4) is 0 Å². The molecule has 0 radical (unpaired) electrons. The minimum absolute atomic E-state index is 0.156. The molecule has 2 aliphatic rings. The van der Waals surface area contributed by atoms with Crippen molar-refractivity contribution in [2.24, 2.45) is 0 Å². The number of para-hydroxylation sites is 1. The molecule has 0 spiro atoms. The summed E-state index contributed by atoms with van der Waals surface area (Å²) >= 11 is 5.85. The minimum atomic E-state index is -0.917. The first-order valence-electron chi connectivity index (χ1n) is 9.06. The summed E-state index contributed by atoms with van der Waals surface area (Å²) in [6.07, 6.45) is -1.51. The quantitative estimate of drug-likeness (QED) is 0.810. The minimum Gasteiger partial charge on any atom is -0.485 e. The van der Waals surface area contributed by atoms with Gasteiger partial charge in [0.05, 0.1) is 5.69 Å². The molecule has 0 aromatic heterocycles. The molecule has 1 amide bonds. The van der Waals surface area contributed by atoms with E-state index in [1.54, 1.807) is 12.1 Å². The fraction of sp³-hybridized carbons (Fsp3) is 0.350. The summed E-state index contributed by atoms with van der Waals surface area (Å²) in [7, 11) is 0. The average Bonchev–Trinajstić information content (AvgIpc) is 2.67. The standard InChI is InChI=1S/C20H20ClFN2O4/c1-12-10-23(7-8-24(12)20(25)26)16-3-2-4-17-19(16)28-18(11-27-17)14-6-5-13(21)9-15(14)22/h2-6,9,12,18H,7-8,10-11H2,1H3,(H,25,26)/t12-,18?/m0/s1. The summed E-state index contributed by atoms with van der Waals surface area (Å²) in [5.41, 5.74) is 1.20. The molecule has 0 saturated carbocycles. The smallest absolute Gasteiger partial charge is 0.407 e. The average molecular weight is 407 g/mol. The van der Waals surface area contributed by atoms with Gasteiger partial charge in [0.2, 0.25) is 0 Å². The van der Waals surface area contributed by atoms with Crippen molar-refractivity contribution < 1.29 is 23.8 Å². The summed E-state index contributed by atoms with van der Waals surface area (Å²) in [6.45, 7) is 3.54. The molecule has 1 saturated heterocycles. The summed E-state index contributed by atoms with van der Waals surface area (Å²) in [4.78, 5) is 14.8. The van der Waals surface area contributed by atoms with E-state index in [1.807, 2.05) is 25.1 Å². The van der Waals surface area contributed by atoms with Crippen LogP contribution in [0.1, 0.15) is 18.6 Å². The predicted octanol–water partition coefficient (Wildman–Crippen LogP) is 4.18. The van der Waals surface area contributed by atoms with Gasteiger partial charge in [-0.2, -0.15) is 0 Å². The van der Waals surface area contributed by atoms with Crippen LogP contribution in [0, 0.1) is 5.82 Å². The maximum atomic E-state index is 14.3. The summed E-state index contributed by atoms with van der Waals surface area (Å²) in [6, 6.07) is 9.92. The fourth-order valence-corrected chi connectivity index (χ4v) is 3.86. The van der Waals surface area contributed by atoms with Gasteiger partial charge in [0.15, 0.2) is 17.6 Å². The second-order valence-corrected chi connectivity index (χ2v) is 7.40. The Kier molecular flexibility index (Phi) is 4.93. The first-order chi connectivity index (χ1) is 13.4. The molecule has 0 bridgehead atoms. The second kappa shape index (κ2) is 7.39. The number of halogens is 2. The highest BCUT2D eigenvalue weighted by Gasteiger charge is 2.32. The van der Waals surface area contributed by atoms with Crippen molar-refractivity contribution in [1.82, 2.24) is 4.90 Å². The summed E-state index contributed by atoms with van der Waals surface area (Å²) < 4.78 is 26.3. The van der Waals surface area contributed by atoms with Crippen molar-refractivity contribution in [3.8, 4) is 11.5 Å². The number of amides is 1. The van der Waals surface area contributed by atoms with Crippen LogP contribution in [0.4, 0.5) is 14.9 Å². The van der Waals surface area contributed by atoms with Gasteiger partial charge in [-0.15, -0.1) is 0 Å². The van der Waals surface area contributed by atoms with Crippen molar-refractivity contribution in [1.29, 1.82) is 0 Å². The zero-order chi connectivity index (χ0) is 19.8. The number of carbonyl (C=O) groups is 1. The molecule has 6 nitrogen and oxygen atoms in total. The van der Waals surface area contributed by atoms with Crippen LogP contribution in [-0.2, 0) is 0 Å². The van der Waals surface area contributed by atoms with Gasteiger partial charge < -0.3 is 24.4 Å². The Bertz CT molecular complexity index is 910. The highest BCUT2D eigenvalue weighted by Crippen LogP contribution is 2.44. The third-order valence-electron chi connectivity index (χ3n) is 5.13. The van der Waals surface area contributed by atoms with E-state index in [2.05, 4.69) is 4.90 Å². The Labute approximate surface area is 167 Å². The molecule has 0 aliphatic carbocycles. The molecule has 2 aliphatic heterocycles. The number of nitrogens with zero attached hydrogens (tertiary/aromatic N) is 2. The van der Waals surface area contributed by atoms with Gasteiger partial charge in [-0.3, -0.25) is 0 Å². The number of ether oxygens (including phenoxy) is 2. The Balaban J connectivity index is 1.61. The largest absolute Gasteiger partial charge is 0.485 e. The summed E-state index contributed by atoms with van der Waals surface area (Å²) in [5.74, 6) is 0.700. The Morgan fingerprint density at radius 2 is 2.11 bits per heavy atom. The SMILES string of the molecule is C[C@H]1CN(c2cccc3c2OC(c2ccc(Cl)cc2F)CO3)CCN1C(=O)O. The zero-order valence-corrected chi connectivity index (χ0v) is 16.0. The third-order valence-corrected chi connectivity index (χ3v) is 5.37. The van der Waals surface area contributed by atoms with Crippen molar-refractivity contribution in [2.45, 2.75) is 19.1 Å². The van der Waals surface area contributed by atoms with Gasteiger partial charge in [-0.25, -0.2) is 9.18 Å². The molecular weight excluding hydrogens is 387 g/mol. The van der Waals surface area contributed by atoms with Crippen LogP contribution in [0.5, 0.6) is 11.5 Å². The van der Waals surface area contributed by atoms with Crippen molar-refractivity contribution in [3.63, 3.8) is 0 Å². The van der Waals surface area contributed by atoms with Gasteiger partial charge in [0.1, 0.15) is 12.4 Å². The van der Waals surface area contributed by atoms with Gasteiger partial charge in [-0.1, -0.05) is 23.7 Å². The molecule has 2 aromatic rings. The van der Waals surface area contributed by atoms with Crippen LogP contribution < -0.4 is 14.4 Å². The van der Waals surface area contributed by atoms with Crippen molar-refractivity contribution in [3.05, 3.63) is 52.8 Å². The monoisotopic (exact) mass is 406 g/mol. The van der Waals surface area contributed by atoms with Crippen LogP contribution in [0.15, 0.2) is 36.4 Å². The molecule has 2 atom stereocenters. The van der Waals surface area contributed by atoms with E-state index in [0.29, 0.717) is 41.7 Å². The van der Waals surface area contributed by atoms with E-state index in [4.69, 9.17) is 21.1 Å². The van der Waals surface area contributed by atoms with Crippen LogP contribution in [0.2, 0.25) is 5.02 Å². The number of carboxylic acid groups (broad SMARTS) is 1. The van der Waals surface area contributed by atoms with E-state index in [9.17, 15) is 14.3 Å². The number of fused-ring (bicyclic) bond motifs is 1. The van der Waals surface area contributed by atoms with Gasteiger partial charge in [0, 0.05) is 36.3 Å². The predicted molar refractivity (Wildman–Crippen MR) is 103 cm³/mol. The molecular formula is C20H20ClFN2O4. The van der Waals surface area contributed by atoms with E-state index >= 15 is 0 Å². The van der Waals surface area contributed by atoms with E-state index in [-0.39, 0.29) is 12.6 Å². The molecule has 148 valence electrons. The lowest BCUT2D eigenvalue weighted by Crippen LogP contribution is -2.53. The number of anilines is 1. The number of piperazine rings is 1. The fourth-order valence-electron chi connectivity index (χ4n) is 3.70. The molecule has 1 N–H and O–H groups in total. The third kappa shape index (κ3) is 3.42. The number of hydrogen-bond donors (Lipinski definition) is 1. The van der Waals surface area contributed by atoms with Gasteiger partial charge in [0.25, 0.3) is 0 Å². The second-order valence-electron chi connectivity index (χ2n) is 6.96. The van der Waals surface area contributed by atoms with Crippen LogP contribution in [0.25, 0.3) is 0 Å². The number of hydrogen-bond acceptors (Lipinski definition) is 4. The van der Waals surface area contributed by atoms with Gasteiger partial charge >= 0.3 is 6.09 Å². The first-order valence-corrected chi connectivity index (χ1v) is 9.43. The Hall–Kier alpha value is -2.67. The topological polar surface area (TPSA) is 62.2 Å². The zero-order valence-electron chi connectivity index (χ0n) is 15.3. The van der Waals surface area contributed by atoms with Crippen LogP contribution >= 0.6 is 11.6 Å². The lowest BCUT2D eigenvalue weighted by Gasteiger charge is -2.40. The normalized spacial score (nSPS) is 21.5. The highest BCUT2D eigenvalue weighted by atomic mass is 35.5. The first kappa shape index (κ1) is 18.7. The molecule has 4 rings (SSSR count). The van der Waals surface area contributed by atoms with Crippen LogP contribution in [-0.4, -0.2) is 48.4 Å². The molecule has 1 fully saturated rings. The molecule has 2 heterocycles. The molecule has 2 aromatic carbocycles. The van der Waals surface area contributed by atoms with E-state index in [0.717, 1.165) is 5.69 Å². The number of rotatable bonds is 2. The number of benzene rings is 2. The summed E-state index contributed by atoms with van der Waals surface area (Å²) in [5, 5.41) is 9.61. The maximum absolute atomic E-state index is 14.3. The Morgan fingerprint density at radius 3 is 2.82 bits per heavy atom. The highest BCUT2D eigenvalue weighted by molar-refractivity contribution is 6.30.